The molecule has 0 spiro atoms. The summed E-state index contributed by atoms with van der Waals surface area (Å²) in [5.41, 5.74) is 0.437. The zero-order chi connectivity index (χ0) is 14.5. The van der Waals surface area contributed by atoms with Crippen molar-refractivity contribution in [2.24, 2.45) is 0 Å². The molecule has 2 aromatic rings. The number of rotatable bonds is 5. The molecule has 0 saturated carbocycles. The quantitative estimate of drug-likeness (QED) is 0.482. The molecule has 104 valence electrons. The van der Waals surface area contributed by atoms with Crippen LogP contribution in [0.15, 0.2) is 40.9 Å². The van der Waals surface area contributed by atoms with Gasteiger partial charge < -0.3 is 0 Å². The molecule has 5 nitrogen and oxygen atoms in total. The van der Waals surface area contributed by atoms with Crippen molar-refractivity contribution < 1.29 is 9.18 Å². The molecule has 0 aliphatic rings. The summed E-state index contributed by atoms with van der Waals surface area (Å²) in [5.74, 6) is -0.558. The first-order chi connectivity index (χ1) is 9.58. The highest BCUT2D eigenvalue weighted by Gasteiger charge is 2.08. The summed E-state index contributed by atoms with van der Waals surface area (Å²) >= 11 is 1.26. The number of thioether (sulfide) groups is 1. The van der Waals surface area contributed by atoms with Crippen molar-refractivity contribution in [3.8, 4) is 0 Å². The standard InChI is InChI=1S/C13H13FN4OS/c1-9(2)18-13(15-16-17-18)20-8-7-12(19)10-3-5-11(14)6-4-10/h3-9H,1-2H3/b8-7+. The van der Waals surface area contributed by atoms with Crippen molar-refractivity contribution in [3.05, 3.63) is 47.1 Å². The van der Waals surface area contributed by atoms with Gasteiger partial charge in [-0.2, -0.15) is 0 Å². The van der Waals surface area contributed by atoms with Crippen LogP contribution in [-0.4, -0.2) is 26.0 Å². The molecule has 20 heavy (non-hydrogen) atoms. The molecule has 0 amide bonds. The molecule has 1 aromatic carbocycles. The van der Waals surface area contributed by atoms with Crippen LogP contribution in [-0.2, 0) is 0 Å². The van der Waals surface area contributed by atoms with Gasteiger partial charge in [-0.3, -0.25) is 4.79 Å². The third kappa shape index (κ3) is 3.51. The molecule has 0 radical (unpaired) electrons. The first-order valence-electron chi connectivity index (χ1n) is 5.99. The number of nitrogens with zero attached hydrogens (tertiary/aromatic N) is 4. The molecule has 1 aromatic heterocycles. The second-order valence-electron chi connectivity index (χ2n) is 4.29. The van der Waals surface area contributed by atoms with Crippen LogP contribution in [0.3, 0.4) is 0 Å². The number of hydrogen-bond donors (Lipinski definition) is 0. The first-order valence-corrected chi connectivity index (χ1v) is 6.87. The summed E-state index contributed by atoms with van der Waals surface area (Å²) in [4.78, 5) is 11.8. The highest BCUT2D eigenvalue weighted by molar-refractivity contribution is 8.02. The Kier molecular flexibility index (Phi) is 4.62. The summed E-state index contributed by atoms with van der Waals surface area (Å²) in [6, 6.07) is 5.56. The molecular weight excluding hydrogens is 279 g/mol. The molecule has 0 aliphatic heterocycles. The smallest absolute Gasteiger partial charge is 0.213 e. The number of carbonyl (C=O) groups is 1. The van der Waals surface area contributed by atoms with Crippen LogP contribution in [0.1, 0.15) is 30.2 Å². The third-order valence-corrected chi connectivity index (χ3v) is 3.23. The lowest BCUT2D eigenvalue weighted by molar-refractivity contribution is 0.104. The van der Waals surface area contributed by atoms with Crippen LogP contribution in [0, 0.1) is 5.82 Å². The summed E-state index contributed by atoms with van der Waals surface area (Å²) in [5, 5.41) is 13.6. The van der Waals surface area contributed by atoms with Crippen LogP contribution in [0.5, 0.6) is 0 Å². The largest absolute Gasteiger partial charge is 0.289 e. The SMILES string of the molecule is CC(C)n1nnnc1S/C=C/C(=O)c1ccc(F)cc1. The molecule has 1 heterocycles. The van der Waals surface area contributed by atoms with E-state index < -0.39 is 0 Å². The summed E-state index contributed by atoms with van der Waals surface area (Å²) in [6.45, 7) is 3.93. The monoisotopic (exact) mass is 292 g/mol. The first kappa shape index (κ1) is 14.4. The van der Waals surface area contributed by atoms with Crippen molar-refractivity contribution in [2.45, 2.75) is 25.0 Å². The average molecular weight is 292 g/mol. The van der Waals surface area contributed by atoms with Crippen molar-refractivity contribution in [2.75, 3.05) is 0 Å². The van der Waals surface area contributed by atoms with Crippen LogP contribution in [0.2, 0.25) is 0 Å². The van der Waals surface area contributed by atoms with Crippen LogP contribution in [0.4, 0.5) is 4.39 Å². The number of carbonyl (C=O) groups excluding carboxylic acids is 1. The Morgan fingerprint density at radius 1 is 1.35 bits per heavy atom. The second-order valence-corrected chi connectivity index (χ2v) is 5.16. The number of hydrogen-bond acceptors (Lipinski definition) is 5. The van der Waals surface area contributed by atoms with E-state index in [9.17, 15) is 9.18 Å². The number of aromatic nitrogens is 4. The number of halogens is 1. The average Bonchev–Trinajstić information content (AvgIpc) is 2.88. The normalized spacial score (nSPS) is 11.4. The number of ketones is 1. The second kappa shape index (κ2) is 6.42. The predicted molar refractivity (Wildman–Crippen MR) is 73.9 cm³/mol. The van der Waals surface area contributed by atoms with Gasteiger partial charge in [-0.05, 0) is 60.0 Å². The lowest BCUT2D eigenvalue weighted by Crippen LogP contribution is -2.04. The number of tetrazole rings is 1. The lowest BCUT2D eigenvalue weighted by Gasteiger charge is -2.04. The molecule has 0 bridgehead atoms. The summed E-state index contributed by atoms with van der Waals surface area (Å²) in [7, 11) is 0. The summed E-state index contributed by atoms with van der Waals surface area (Å²) in [6.07, 6.45) is 1.41. The molecule has 0 fully saturated rings. The Bertz CT molecular complexity index is 622. The van der Waals surface area contributed by atoms with E-state index in [1.165, 1.54) is 42.1 Å². The van der Waals surface area contributed by atoms with E-state index in [4.69, 9.17) is 0 Å². The molecule has 0 atom stereocenters. The molecule has 0 aliphatic carbocycles. The minimum absolute atomic E-state index is 0.147. The van der Waals surface area contributed by atoms with Crippen molar-refractivity contribution in [3.63, 3.8) is 0 Å². The third-order valence-electron chi connectivity index (χ3n) is 2.47. The minimum Gasteiger partial charge on any atom is -0.289 e. The molecule has 0 unspecified atom stereocenters. The van der Waals surface area contributed by atoms with Crippen molar-refractivity contribution >= 4 is 17.5 Å². The highest BCUT2D eigenvalue weighted by atomic mass is 32.2. The molecular formula is C13H13FN4OS. The lowest BCUT2D eigenvalue weighted by atomic mass is 10.1. The maximum absolute atomic E-state index is 12.7. The maximum Gasteiger partial charge on any atom is 0.213 e. The van der Waals surface area contributed by atoms with Gasteiger partial charge in [-0.15, -0.1) is 5.10 Å². The Morgan fingerprint density at radius 2 is 2.05 bits per heavy atom. The Labute approximate surface area is 119 Å². The minimum atomic E-state index is -0.365. The van der Waals surface area contributed by atoms with E-state index in [0.29, 0.717) is 10.7 Å². The Morgan fingerprint density at radius 3 is 2.70 bits per heavy atom. The number of benzene rings is 1. The maximum atomic E-state index is 12.7. The van der Waals surface area contributed by atoms with Gasteiger partial charge in [0.1, 0.15) is 5.82 Å². The molecule has 2 rings (SSSR count). The van der Waals surface area contributed by atoms with Gasteiger partial charge in [0.25, 0.3) is 0 Å². The van der Waals surface area contributed by atoms with Gasteiger partial charge in [-0.25, -0.2) is 9.07 Å². The van der Waals surface area contributed by atoms with Crippen LogP contribution < -0.4 is 0 Å². The molecule has 0 N–H and O–H groups in total. The fraction of sp³-hybridized carbons (Fsp3) is 0.231. The zero-order valence-corrected chi connectivity index (χ0v) is 11.8. The van der Waals surface area contributed by atoms with Crippen molar-refractivity contribution in [1.82, 2.24) is 20.2 Å². The van der Waals surface area contributed by atoms with Gasteiger partial charge in [0, 0.05) is 5.56 Å². The number of allylic oxidation sites excluding steroid dienone is 1. The highest BCUT2D eigenvalue weighted by Crippen LogP contribution is 2.18. The van der Waals surface area contributed by atoms with Gasteiger partial charge in [-0.1, -0.05) is 11.8 Å². The Hall–Kier alpha value is -2.02. The Balaban J connectivity index is 2.01. The zero-order valence-electron chi connectivity index (χ0n) is 11.0. The van der Waals surface area contributed by atoms with E-state index in [0.717, 1.165) is 0 Å². The fourth-order valence-electron chi connectivity index (χ4n) is 1.45. The van der Waals surface area contributed by atoms with Crippen LogP contribution in [0.25, 0.3) is 0 Å². The van der Waals surface area contributed by atoms with Crippen LogP contribution >= 0.6 is 11.8 Å². The van der Waals surface area contributed by atoms with E-state index in [2.05, 4.69) is 15.5 Å². The summed E-state index contributed by atoms with van der Waals surface area (Å²) < 4.78 is 14.4. The predicted octanol–water partition coefficient (Wildman–Crippen LogP) is 2.88. The van der Waals surface area contributed by atoms with E-state index in [-0.39, 0.29) is 17.6 Å². The molecule has 0 saturated heterocycles. The van der Waals surface area contributed by atoms with Gasteiger partial charge in [0.05, 0.1) is 6.04 Å². The van der Waals surface area contributed by atoms with Gasteiger partial charge in [0.15, 0.2) is 5.78 Å². The van der Waals surface area contributed by atoms with Gasteiger partial charge in [0.2, 0.25) is 5.16 Å². The fourth-order valence-corrected chi connectivity index (χ4v) is 2.21. The van der Waals surface area contributed by atoms with Gasteiger partial charge >= 0.3 is 0 Å². The van der Waals surface area contributed by atoms with Crippen molar-refractivity contribution in [1.29, 1.82) is 0 Å². The van der Waals surface area contributed by atoms with E-state index >= 15 is 0 Å². The van der Waals surface area contributed by atoms with E-state index in [1.54, 1.807) is 10.1 Å². The molecule has 7 heteroatoms. The van der Waals surface area contributed by atoms with E-state index in [1.807, 2.05) is 13.8 Å². The topological polar surface area (TPSA) is 60.7 Å².